The number of ether oxygens (including phenoxy) is 2. The summed E-state index contributed by atoms with van der Waals surface area (Å²) in [5, 5.41) is 2.79. The van der Waals surface area contributed by atoms with E-state index in [1.54, 1.807) is 45.0 Å². The third-order valence-corrected chi connectivity index (χ3v) is 8.18. The number of nitrogens with zero attached hydrogens (tertiary/aromatic N) is 2. The van der Waals surface area contributed by atoms with Crippen molar-refractivity contribution in [3.8, 4) is 11.5 Å². The quantitative estimate of drug-likeness (QED) is 0.340. The topological polar surface area (TPSA) is 105 Å². The number of hydrogen-bond acceptors (Lipinski definition) is 6. The Bertz CT molecular complexity index is 1460. The summed E-state index contributed by atoms with van der Waals surface area (Å²) >= 11 is 0. The maximum Gasteiger partial charge on any atom is 0.264 e. The third-order valence-electron chi connectivity index (χ3n) is 6.41. The number of sulfonamides is 1. The van der Waals surface area contributed by atoms with Crippen LogP contribution in [0.4, 0.5) is 10.1 Å². The van der Waals surface area contributed by atoms with E-state index in [-0.39, 0.29) is 28.9 Å². The maximum atomic E-state index is 14.1. The van der Waals surface area contributed by atoms with Gasteiger partial charge in [0.2, 0.25) is 11.8 Å². The normalized spacial score (nSPS) is 12.0. The van der Waals surface area contributed by atoms with Gasteiger partial charge in [-0.1, -0.05) is 29.8 Å². The van der Waals surface area contributed by atoms with Crippen molar-refractivity contribution in [3.63, 3.8) is 0 Å². The first-order valence-corrected chi connectivity index (χ1v) is 14.5. The summed E-state index contributed by atoms with van der Waals surface area (Å²) in [5.74, 6) is -0.962. The molecule has 1 N–H and O–H groups in total. The van der Waals surface area contributed by atoms with Crippen LogP contribution in [-0.2, 0) is 26.2 Å². The minimum Gasteiger partial charge on any atom is -0.497 e. The van der Waals surface area contributed by atoms with Crippen molar-refractivity contribution in [2.45, 2.75) is 51.2 Å². The molecule has 1 atom stereocenters. The molecule has 3 aromatic rings. The summed E-state index contributed by atoms with van der Waals surface area (Å²) in [6.45, 7) is 6.27. The lowest BCUT2D eigenvalue weighted by Gasteiger charge is -2.32. The van der Waals surface area contributed by atoms with E-state index in [4.69, 9.17) is 9.47 Å². The molecule has 0 fully saturated rings. The van der Waals surface area contributed by atoms with Crippen LogP contribution >= 0.6 is 0 Å². The van der Waals surface area contributed by atoms with Gasteiger partial charge in [-0.3, -0.25) is 13.9 Å². The highest BCUT2D eigenvalue weighted by Crippen LogP contribution is 2.36. The number of nitrogens with one attached hydrogen (secondary N) is 1. The van der Waals surface area contributed by atoms with Crippen molar-refractivity contribution in [1.29, 1.82) is 0 Å². The lowest BCUT2D eigenvalue weighted by atomic mass is 10.1. The third kappa shape index (κ3) is 7.75. The second-order valence-electron chi connectivity index (χ2n) is 9.85. The van der Waals surface area contributed by atoms with E-state index < -0.39 is 40.2 Å². The molecule has 0 unspecified atom stereocenters. The summed E-state index contributed by atoms with van der Waals surface area (Å²) in [7, 11) is -1.47. The van der Waals surface area contributed by atoms with E-state index in [9.17, 15) is 22.4 Å². The standard InChI is InChI=1S/C30H36FN3O6S/c1-20(2)32-30(36)22(4)33(18-23-9-11-24(31)12-10-23)29(35)19-34(27-17-25(39-5)13-16-28(27)40-6)41(37,38)26-14-7-21(3)8-15-26/h7-17,20,22H,18-19H2,1-6H3,(H,32,36)/t22-/m0/s1. The Hall–Kier alpha value is -4.12. The van der Waals surface area contributed by atoms with Crippen molar-refractivity contribution < 1.29 is 31.9 Å². The molecular formula is C30H36FN3O6S. The molecule has 2 amide bonds. The van der Waals surface area contributed by atoms with Gasteiger partial charge in [0.1, 0.15) is 29.9 Å². The SMILES string of the molecule is COc1ccc(OC)c(N(CC(=O)N(Cc2ccc(F)cc2)[C@@H](C)C(=O)NC(C)C)S(=O)(=O)c2ccc(C)cc2)c1. The second-order valence-corrected chi connectivity index (χ2v) is 11.7. The predicted octanol–water partition coefficient (Wildman–Crippen LogP) is 4.29. The first-order chi connectivity index (χ1) is 19.4. The fraction of sp³-hybridized carbons (Fsp3) is 0.333. The van der Waals surface area contributed by atoms with Gasteiger partial charge in [0.15, 0.2) is 0 Å². The van der Waals surface area contributed by atoms with Gasteiger partial charge in [0, 0.05) is 18.7 Å². The molecule has 0 radical (unpaired) electrons. The van der Waals surface area contributed by atoms with E-state index in [2.05, 4.69) is 5.32 Å². The van der Waals surface area contributed by atoms with Gasteiger partial charge in [-0.05, 0) is 69.7 Å². The number of amides is 2. The number of methoxy groups -OCH3 is 2. The average Bonchev–Trinajstić information content (AvgIpc) is 2.94. The molecule has 220 valence electrons. The number of hydrogen-bond donors (Lipinski definition) is 1. The molecule has 41 heavy (non-hydrogen) atoms. The zero-order valence-corrected chi connectivity index (χ0v) is 24.9. The molecule has 3 aromatic carbocycles. The molecule has 0 bridgehead atoms. The van der Waals surface area contributed by atoms with Crippen LogP contribution in [0.5, 0.6) is 11.5 Å². The first-order valence-electron chi connectivity index (χ1n) is 13.0. The number of halogens is 1. The molecular weight excluding hydrogens is 549 g/mol. The fourth-order valence-electron chi connectivity index (χ4n) is 4.12. The molecule has 0 aliphatic rings. The number of carbonyl (C=O) groups is 2. The van der Waals surface area contributed by atoms with E-state index in [0.29, 0.717) is 11.3 Å². The molecule has 0 saturated heterocycles. The number of rotatable bonds is 12. The fourth-order valence-corrected chi connectivity index (χ4v) is 5.53. The number of aryl methyl sites for hydroxylation is 1. The van der Waals surface area contributed by atoms with Crippen molar-refractivity contribution in [1.82, 2.24) is 10.2 Å². The Morgan fingerprint density at radius 2 is 1.56 bits per heavy atom. The number of anilines is 1. The Morgan fingerprint density at radius 1 is 0.927 bits per heavy atom. The van der Waals surface area contributed by atoms with Crippen molar-refractivity contribution in [2.24, 2.45) is 0 Å². The van der Waals surface area contributed by atoms with Gasteiger partial charge in [-0.25, -0.2) is 12.8 Å². The Morgan fingerprint density at radius 3 is 2.12 bits per heavy atom. The molecule has 0 heterocycles. The first kappa shape index (κ1) is 31.4. The molecule has 3 rings (SSSR count). The lowest BCUT2D eigenvalue weighted by Crippen LogP contribution is -2.52. The molecule has 9 nitrogen and oxygen atoms in total. The lowest BCUT2D eigenvalue weighted by molar-refractivity contribution is -0.139. The van der Waals surface area contributed by atoms with Gasteiger partial charge in [-0.15, -0.1) is 0 Å². The van der Waals surface area contributed by atoms with Crippen LogP contribution in [-0.4, -0.2) is 58.0 Å². The zero-order chi connectivity index (χ0) is 30.3. The van der Waals surface area contributed by atoms with E-state index >= 15 is 0 Å². The van der Waals surface area contributed by atoms with Crippen molar-refractivity contribution in [2.75, 3.05) is 25.1 Å². The monoisotopic (exact) mass is 585 g/mol. The summed E-state index contributed by atoms with van der Waals surface area (Å²) in [5.41, 5.74) is 1.51. The Kier molecular flexibility index (Phi) is 10.3. The van der Waals surface area contributed by atoms with Crippen molar-refractivity contribution in [3.05, 3.63) is 83.7 Å². The minimum absolute atomic E-state index is 0.0311. The predicted molar refractivity (Wildman–Crippen MR) is 155 cm³/mol. The summed E-state index contributed by atoms with van der Waals surface area (Å²) in [4.78, 5) is 28.3. The largest absolute Gasteiger partial charge is 0.497 e. The van der Waals surface area contributed by atoms with Crippen LogP contribution in [0.25, 0.3) is 0 Å². The highest BCUT2D eigenvalue weighted by atomic mass is 32.2. The number of benzene rings is 3. The molecule has 11 heteroatoms. The smallest absolute Gasteiger partial charge is 0.264 e. The van der Waals surface area contributed by atoms with E-state index in [0.717, 1.165) is 9.87 Å². The highest BCUT2D eigenvalue weighted by Gasteiger charge is 2.34. The summed E-state index contributed by atoms with van der Waals surface area (Å²) < 4.78 is 53.4. The van der Waals surface area contributed by atoms with Crippen LogP contribution in [0.1, 0.15) is 31.9 Å². The summed E-state index contributed by atoms with van der Waals surface area (Å²) in [6.07, 6.45) is 0. The van der Waals surface area contributed by atoms with Crippen LogP contribution in [0.3, 0.4) is 0 Å². The van der Waals surface area contributed by atoms with Crippen LogP contribution in [0, 0.1) is 12.7 Å². The highest BCUT2D eigenvalue weighted by molar-refractivity contribution is 7.92. The van der Waals surface area contributed by atoms with Gasteiger partial charge in [0.05, 0.1) is 24.8 Å². The molecule has 0 aliphatic heterocycles. The number of carbonyl (C=O) groups excluding carboxylic acids is 2. The second kappa shape index (κ2) is 13.5. The van der Waals surface area contributed by atoms with Crippen LogP contribution in [0.2, 0.25) is 0 Å². The zero-order valence-electron chi connectivity index (χ0n) is 24.0. The Balaban J connectivity index is 2.12. The maximum absolute atomic E-state index is 14.1. The summed E-state index contributed by atoms with van der Waals surface area (Å²) in [6, 6.07) is 15.2. The molecule has 0 aliphatic carbocycles. The van der Waals surface area contributed by atoms with Gasteiger partial charge in [-0.2, -0.15) is 0 Å². The average molecular weight is 586 g/mol. The van der Waals surface area contributed by atoms with Gasteiger partial charge >= 0.3 is 0 Å². The molecule has 0 aromatic heterocycles. The minimum atomic E-state index is -4.30. The van der Waals surface area contributed by atoms with Gasteiger partial charge < -0.3 is 19.7 Å². The van der Waals surface area contributed by atoms with E-state index in [1.807, 2.05) is 6.92 Å². The van der Waals surface area contributed by atoms with Crippen LogP contribution < -0.4 is 19.1 Å². The van der Waals surface area contributed by atoms with E-state index in [1.165, 1.54) is 61.6 Å². The van der Waals surface area contributed by atoms with Gasteiger partial charge in [0.25, 0.3) is 10.0 Å². The Labute approximate surface area is 240 Å². The molecule has 0 spiro atoms. The van der Waals surface area contributed by atoms with Crippen molar-refractivity contribution >= 4 is 27.5 Å². The van der Waals surface area contributed by atoms with Crippen LogP contribution in [0.15, 0.2) is 71.6 Å². The molecule has 0 saturated carbocycles.